The summed E-state index contributed by atoms with van der Waals surface area (Å²) in [7, 11) is 0. The van der Waals surface area contributed by atoms with Crippen LogP contribution in [0.1, 0.15) is 17.5 Å². The number of ether oxygens (including phenoxy) is 2. The van der Waals surface area contributed by atoms with Gasteiger partial charge in [0, 0.05) is 6.42 Å². The van der Waals surface area contributed by atoms with Gasteiger partial charge in [-0.3, -0.25) is 4.79 Å². The van der Waals surface area contributed by atoms with Crippen molar-refractivity contribution in [2.24, 2.45) is 0 Å². The lowest BCUT2D eigenvalue weighted by Crippen LogP contribution is -2.47. The van der Waals surface area contributed by atoms with Crippen molar-refractivity contribution in [3.63, 3.8) is 0 Å². The van der Waals surface area contributed by atoms with Crippen molar-refractivity contribution >= 4 is 17.6 Å². The number of carboxylic acid groups (broad SMARTS) is 1. The molecule has 146 valence electrons. The number of phenolic OH excluding ortho intramolecular Hbond substituents is 1. The van der Waals surface area contributed by atoms with Crippen LogP contribution in [0, 0.1) is 0 Å². The fourth-order valence-corrected chi connectivity index (χ4v) is 2.79. The first-order valence-electron chi connectivity index (χ1n) is 8.84. The van der Waals surface area contributed by atoms with Crippen LogP contribution in [-0.4, -0.2) is 40.8 Å². The molecule has 1 aliphatic heterocycles. The highest BCUT2D eigenvalue weighted by Crippen LogP contribution is 2.31. The summed E-state index contributed by atoms with van der Waals surface area (Å²) in [6.45, 7) is 0.0852. The Morgan fingerprint density at radius 2 is 1.86 bits per heavy atom. The number of phenols is 1. The highest BCUT2D eigenvalue weighted by Gasteiger charge is 2.30. The number of hydrogen-bond acceptors (Lipinski definition) is 5. The van der Waals surface area contributed by atoms with Crippen LogP contribution in [0.3, 0.4) is 0 Å². The van der Waals surface area contributed by atoms with Gasteiger partial charge in [0.05, 0.1) is 18.8 Å². The summed E-state index contributed by atoms with van der Waals surface area (Å²) in [5.41, 5.74) is 1.40. The Morgan fingerprint density at radius 3 is 2.57 bits per heavy atom. The number of carbonyl (C=O) groups excluding carboxylic acids is 1. The number of aliphatic carboxylic acids is 1. The average Bonchev–Trinajstić information content (AvgIpc) is 3.18. The second kappa shape index (κ2) is 9.05. The van der Waals surface area contributed by atoms with Gasteiger partial charge in [-0.2, -0.15) is 0 Å². The summed E-state index contributed by atoms with van der Waals surface area (Å²) >= 11 is 0. The third kappa shape index (κ3) is 4.89. The quantitative estimate of drug-likeness (QED) is 0.646. The van der Waals surface area contributed by atoms with Gasteiger partial charge in [0.2, 0.25) is 0 Å². The molecule has 1 amide bonds. The number of carbonyl (C=O) groups is 2. The number of rotatable bonds is 8. The van der Waals surface area contributed by atoms with Crippen molar-refractivity contribution in [3.05, 3.63) is 71.8 Å². The van der Waals surface area contributed by atoms with Gasteiger partial charge in [0.1, 0.15) is 11.5 Å². The van der Waals surface area contributed by atoms with Gasteiger partial charge < -0.3 is 25.0 Å². The zero-order chi connectivity index (χ0) is 19.9. The summed E-state index contributed by atoms with van der Waals surface area (Å²) < 4.78 is 11.0. The predicted molar refractivity (Wildman–Crippen MR) is 101 cm³/mol. The number of hydrogen-bond donors (Lipinski definition) is 3. The van der Waals surface area contributed by atoms with Crippen molar-refractivity contribution < 1.29 is 29.3 Å². The number of benzene rings is 2. The van der Waals surface area contributed by atoms with Crippen LogP contribution in [0.25, 0.3) is 5.76 Å². The lowest BCUT2D eigenvalue weighted by molar-refractivity contribution is -0.145. The monoisotopic (exact) mass is 383 g/mol. The van der Waals surface area contributed by atoms with Crippen molar-refractivity contribution in [1.29, 1.82) is 0 Å². The zero-order valence-electron chi connectivity index (χ0n) is 15.1. The molecule has 1 aliphatic rings. The van der Waals surface area contributed by atoms with E-state index in [1.54, 1.807) is 24.3 Å². The molecule has 3 N–H and O–H groups in total. The van der Waals surface area contributed by atoms with Gasteiger partial charge in [0.15, 0.2) is 12.1 Å². The van der Waals surface area contributed by atoms with E-state index in [0.29, 0.717) is 11.3 Å². The summed E-state index contributed by atoms with van der Waals surface area (Å²) in [6.07, 6.45) is 1.12. The number of para-hydroxylation sites is 1. The van der Waals surface area contributed by atoms with E-state index in [-0.39, 0.29) is 25.4 Å². The molecule has 0 spiro atoms. The van der Waals surface area contributed by atoms with Gasteiger partial charge in [-0.25, -0.2) is 4.79 Å². The van der Waals surface area contributed by atoms with E-state index in [9.17, 15) is 19.8 Å². The van der Waals surface area contributed by atoms with Crippen LogP contribution < -0.4 is 5.32 Å². The Balaban J connectivity index is 1.52. The third-order valence-electron chi connectivity index (χ3n) is 4.26. The number of nitrogens with one attached hydrogen (secondary N) is 1. The molecule has 0 radical (unpaired) electrons. The lowest BCUT2D eigenvalue weighted by Gasteiger charge is -2.18. The minimum atomic E-state index is -1.19. The Hall–Kier alpha value is -3.32. The maximum atomic E-state index is 12.4. The Bertz CT molecular complexity index is 864. The van der Waals surface area contributed by atoms with Crippen molar-refractivity contribution in [2.45, 2.75) is 25.2 Å². The van der Waals surface area contributed by atoms with Crippen LogP contribution in [0.15, 0.2) is 60.7 Å². The molecular weight excluding hydrogens is 362 g/mol. The highest BCUT2D eigenvalue weighted by molar-refractivity contribution is 5.88. The standard InChI is InChI=1S/C21H21NO6/c23-17-9-5-4-8-15(17)18-10-11-19(28-18)20(24)22-16(21(25)26)13-27-12-14-6-2-1-3-7-14/h1-10,16,19,23H,11-13H2,(H,22,24)(H,25,26)/t16-,19?/m0/s1. The maximum absolute atomic E-state index is 12.4. The second-order valence-corrected chi connectivity index (χ2v) is 6.33. The first-order valence-corrected chi connectivity index (χ1v) is 8.84. The number of amides is 1. The molecule has 2 atom stereocenters. The fraction of sp³-hybridized carbons (Fsp3) is 0.238. The zero-order valence-corrected chi connectivity index (χ0v) is 15.1. The van der Waals surface area contributed by atoms with Crippen LogP contribution in [0.5, 0.6) is 5.75 Å². The minimum Gasteiger partial charge on any atom is -0.507 e. The normalized spacial score (nSPS) is 16.7. The van der Waals surface area contributed by atoms with Crippen molar-refractivity contribution in [1.82, 2.24) is 5.32 Å². The van der Waals surface area contributed by atoms with Gasteiger partial charge >= 0.3 is 5.97 Å². The van der Waals surface area contributed by atoms with E-state index in [2.05, 4.69) is 5.32 Å². The molecule has 2 aromatic carbocycles. The Kier molecular flexibility index (Phi) is 6.29. The van der Waals surface area contributed by atoms with E-state index in [4.69, 9.17) is 9.47 Å². The van der Waals surface area contributed by atoms with Gasteiger partial charge in [-0.1, -0.05) is 42.5 Å². The van der Waals surface area contributed by atoms with E-state index < -0.39 is 24.0 Å². The third-order valence-corrected chi connectivity index (χ3v) is 4.26. The molecule has 1 unspecified atom stereocenters. The van der Waals surface area contributed by atoms with E-state index >= 15 is 0 Å². The van der Waals surface area contributed by atoms with Crippen LogP contribution in [0.4, 0.5) is 0 Å². The van der Waals surface area contributed by atoms with Crippen LogP contribution in [0.2, 0.25) is 0 Å². The number of aromatic hydroxyl groups is 1. The first-order chi connectivity index (χ1) is 13.5. The molecule has 0 bridgehead atoms. The maximum Gasteiger partial charge on any atom is 0.328 e. The van der Waals surface area contributed by atoms with Gasteiger partial charge in [-0.05, 0) is 23.8 Å². The van der Waals surface area contributed by atoms with Crippen molar-refractivity contribution in [2.75, 3.05) is 6.61 Å². The first kappa shape index (κ1) is 19.4. The van der Waals surface area contributed by atoms with Gasteiger partial charge in [0.25, 0.3) is 5.91 Å². The Morgan fingerprint density at radius 1 is 1.14 bits per heavy atom. The smallest absolute Gasteiger partial charge is 0.328 e. The van der Waals surface area contributed by atoms with E-state index in [1.165, 1.54) is 6.07 Å². The molecule has 0 aromatic heterocycles. The van der Waals surface area contributed by atoms with Crippen LogP contribution in [-0.2, 0) is 25.7 Å². The minimum absolute atomic E-state index is 0.0486. The lowest BCUT2D eigenvalue weighted by atomic mass is 10.1. The molecule has 0 saturated heterocycles. The second-order valence-electron chi connectivity index (χ2n) is 6.33. The molecule has 2 aromatic rings. The molecule has 0 aliphatic carbocycles. The predicted octanol–water partition coefficient (Wildman–Crippen LogP) is 2.31. The molecule has 0 saturated carbocycles. The molecule has 7 nitrogen and oxygen atoms in total. The molecule has 0 fully saturated rings. The summed E-state index contributed by atoms with van der Waals surface area (Å²) in [5.74, 6) is -1.29. The fourth-order valence-electron chi connectivity index (χ4n) is 2.79. The van der Waals surface area contributed by atoms with E-state index in [0.717, 1.165) is 5.56 Å². The highest BCUT2D eigenvalue weighted by atomic mass is 16.5. The SMILES string of the molecule is O=C(N[C@@H](COCc1ccccc1)C(=O)O)C1CC=C(c2ccccc2O)O1. The number of carboxylic acids is 1. The Labute approximate surface area is 162 Å². The molecule has 3 rings (SSSR count). The van der Waals surface area contributed by atoms with Crippen molar-refractivity contribution in [3.8, 4) is 5.75 Å². The average molecular weight is 383 g/mol. The molecule has 7 heteroatoms. The summed E-state index contributed by atoms with van der Waals surface area (Å²) in [4.78, 5) is 23.8. The largest absolute Gasteiger partial charge is 0.507 e. The summed E-state index contributed by atoms with van der Waals surface area (Å²) in [6, 6.07) is 14.8. The summed E-state index contributed by atoms with van der Waals surface area (Å²) in [5, 5.41) is 21.7. The van der Waals surface area contributed by atoms with Crippen LogP contribution >= 0.6 is 0 Å². The van der Waals surface area contributed by atoms with Gasteiger partial charge in [-0.15, -0.1) is 0 Å². The molecular formula is C21H21NO6. The van der Waals surface area contributed by atoms with E-state index in [1.807, 2.05) is 30.3 Å². The molecule has 28 heavy (non-hydrogen) atoms. The topological polar surface area (TPSA) is 105 Å². The molecule has 1 heterocycles.